The molecule has 2 aromatic heterocycles. The molecule has 5 nitrogen and oxygen atoms in total. The molecule has 0 radical (unpaired) electrons. The van der Waals surface area contributed by atoms with Gasteiger partial charge in [-0.25, -0.2) is 4.98 Å². The van der Waals surface area contributed by atoms with Gasteiger partial charge in [-0.3, -0.25) is 4.79 Å². The molecule has 1 aromatic carbocycles. The zero-order chi connectivity index (χ0) is 20.0. The fourth-order valence-corrected chi connectivity index (χ4v) is 2.52. The van der Waals surface area contributed by atoms with Crippen LogP contribution >= 0.6 is 0 Å². The molecular formula is C20H17F3N2O3. The standard InChI is InChI=1S/C20H17F3N2O3/c21-20(22,23)14-28-18-9-8-16(11-24-18)19(26)25(13-17-7-4-10-27-17)12-15-5-2-1-3-6-15/h1-11H,12-14H2. The van der Waals surface area contributed by atoms with Crippen LogP contribution in [0.15, 0.2) is 71.5 Å². The molecule has 0 saturated carbocycles. The quantitative estimate of drug-likeness (QED) is 0.598. The van der Waals surface area contributed by atoms with E-state index in [0.717, 1.165) is 5.56 Å². The van der Waals surface area contributed by atoms with E-state index in [4.69, 9.17) is 4.42 Å². The van der Waals surface area contributed by atoms with Crippen LogP contribution in [0.4, 0.5) is 13.2 Å². The Kier molecular flexibility index (Phi) is 5.98. The van der Waals surface area contributed by atoms with Crippen LogP contribution in [0.5, 0.6) is 5.88 Å². The zero-order valence-corrected chi connectivity index (χ0v) is 14.7. The van der Waals surface area contributed by atoms with Crippen molar-refractivity contribution in [2.75, 3.05) is 6.61 Å². The number of halogens is 3. The molecule has 0 aliphatic heterocycles. The monoisotopic (exact) mass is 390 g/mol. The van der Waals surface area contributed by atoms with Gasteiger partial charge in [0, 0.05) is 18.8 Å². The van der Waals surface area contributed by atoms with Gasteiger partial charge in [0.1, 0.15) is 5.76 Å². The summed E-state index contributed by atoms with van der Waals surface area (Å²) in [5, 5.41) is 0. The lowest BCUT2D eigenvalue weighted by molar-refractivity contribution is -0.154. The smallest absolute Gasteiger partial charge is 0.422 e. The number of rotatable bonds is 7. The van der Waals surface area contributed by atoms with Crippen LogP contribution in [-0.4, -0.2) is 28.6 Å². The molecule has 3 aromatic rings. The highest BCUT2D eigenvalue weighted by Crippen LogP contribution is 2.19. The van der Waals surface area contributed by atoms with E-state index in [9.17, 15) is 18.0 Å². The number of pyridine rings is 1. The number of carbonyl (C=O) groups excluding carboxylic acids is 1. The molecule has 2 heterocycles. The average Bonchev–Trinajstić information content (AvgIpc) is 3.19. The van der Waals surface area contributed by atoms with Gasteiger partial charge in [0.05, 0.1) is 18.4 Å². The van der Waals surface area contributed by atoms with Crippen molar-refractivity contribution in [2.24, 2.45) is 0 Å². The minimum atomic E-state index is -4.45. The number of alkyl halides is 3. The average molecular weight is 390 g/mol. The molecule has 1 amide bonds. The third-order valence-corrected chi connectivity index (χ3v) is 3.80. The summed E-state index contributed by atoms with van der Waals surface area (Å²) in [5.74, 6) is 0.0898. The SMILES string of the molecule is O=C(c1ccc(OCC(F)(F)F)nc1)N(Cc1ccccc1)Cc1ccco1. The molecule has 3 rings (SSSR count). The molecule has 0 aliphatic rings. The molecule has 8 heteroatoms. The molecule has 0 spiro atoms. The van der Waals surface area contributed by atoms with Crippen LogP contribution in [0, 0.1) is 0 Å². The predicted molar refractivity (Wildman–Crippen MR) is 94.5 cm³/mol. The first-order valence-corrected chi connectivity index (χ1v) is 8.42. The summed E-state index contributed by atoms with van der Waals surface area (Å²) < 4.78 is 46.6. The van der Waals surface area contributed by atoms with Crippen molar-refractivity contribution in [3.05, 3.63) is 83.9 Å². The number of benzene rings is 1. The number of ether oxygens (including phenoxy) is 1. The van der Waals surface area contributed by atoms with Crippen LogP contribution in [0.3, 0.4) is 0 Å². The summed E-state index contributed by atoms with van der Waals surface area (Å²) in [6.07, 6.45) is -1.73. The maximum absolute atomic E-state index is 12.9. The maximum Gasteiger partial charge on any atom is 0.422 e. The van der Waals surface area contributed by atoms with E-state index < -0.39 is 12.8 Å². The number of hydrogen-bond donors (Lipinski definition) is 0. The highest BCUT2D eigenvalue weighted by molar-refractivity contribution is 5.93. The van der Waals surface area contributed by atoms with Crippen molar-refractivity contribution in [1.82, 2.24) is 9.88 Å². The normalized spacial score (nSPS) is 11.2. The summed E-state index contributed by atoms with van der Waals surface area (Å²) in [4.78, 5) is 18.3. The number of aromatic nitrogens is 1. The number of amides is 1. The van der Waals surface area contributed by atoms with Crippen molar-refractivity contribution in [1.29, 1.82) is 0 Å². The summed E-state index contributed by atoms with van der Waals surface area (Å²) in [5.41, 5.74) is 1.17. The van der Waals surface area contributed by atoms with Crippen molar-refractivity contribution in [2.45, 2.75) is 19.3 Å². The topological polar surface area (TPSA) is 55.6 Å². The molecule has 0 fully saturated rings. The fraction of sp³-hybridized carbons (Fsp3) is 0.200. The molecule has 146 valence electrons. The van der Waals surface area contributed by atoms with E-state index in [-0.39, 0.29) is 23.9 Å². The predicted octanol–water partition coefficient (Wildman–Crippen LogP) is 4.46. The van der Waals surface area contributed by atoms with Crippen molar-refractivity contribution < 1.29 is 27.1 Å². The van der Waals surface area contributed by atoms with E-state index in [1.54, 1.807) is 17.0 Å². The lowest BCUT2D eigenvalue weighted by atomic mass is 10.2. The summed E-state index contributed by atoms with van der Waals surface area (Å²) in [6, 6.07) is 15.5. The number of furan rings is 1. The lowest BCUT2D eigenvalue weighted by Crippen LogP contribution is -2.30. The Hall–Kier alpha value is -3.29. The van der Waals surface area contributed by atoms with Gasteiger partial charge in [0.2, 0.25) is 5.88 Å². The second-order valence-corrected chi connectivity index (χ2v) is 6.02. The summed E-state index contributed by atoms with van der Waals surface area (Å²) in [6.45, 7) is -0.855. The van der Waals surface area contributed by atoms with Crippen LogP contribution in [0.25, 0.3) is 0 Å². The van der Waals surface area contributed by atoms with Gasteiger partial charge in [0.15, 0.2) is 6.61 Å². The van der Waals surface area contributed by atoms with Crippen molar-refractivity contribution in [3.8, 4) is 5.88 Å². The Bertz CT molecular complexity index is 879. The molecule has 0 saturated heterocycles. The second kappa shape index (κ2) is 8.60. The van der Waals surface area contributed by atoms with Crippen molar-refractivity contribution in [3.63, 3.8) is 0 Å². The number of hydrogen-bond acceptors (Lipinski definition) is 4. The molecule has 0 N–H and O–H groups in total. The van der Waals surface area contributed by atoms with Gasteiger partial charge < -0.3 is 14.1 Å². The van der Waals surface area contributed by atoms with Crippen LogP contribution < -0.4 is 4.74 Å². The first kappa shape index (κ1) is 19.5. The summed E-state index contributed by atoms with van der Waals surface area (Å²) >= 11 is 0. The van der Waals surface area contributed by atoms with E-state index in [1.165, 1.54) is 24.6 Å². The Morgan fingerprint density at radius 1 is 1.04 bits per heavy atom. The highest BCUT2D eigenvalue weighted by Gasteiger charge is 2.28. The first-order valence-electron chi connectivity index (χ1n) is 8.42. The Morgan fingerprint density at radius 3 is 2.43 bits per heavy atom. The van der Waals surface area contributed by atoms with Gasteiger partial charge in [-0.2, -0.15) is 13.2 Å². The molecular weight excluding hydrogens is 373 g/mol. The Morgan fingerprint density at radius 2 is 1.82 bits per heavy atom. The Labute approximate surface area is 159 Å². The summed E-state index contributed by atoms with van der Waals surface area (Å²) in [7, 11) is 0. The van der Waals surface area contributed by atoms with Gasteiger partial charge in [-0.05, 0) is 23.8 Å². The molecule has 0 aliphatic carbocycles. The minimum absolute atomic E-state index is 0.200. The molecule has 0 atom stereocenters. The largest absolute Gasteiger partial charge is 0.468 e. The number of carbonyl (C=O) groups is 1. The van der Waals surface area contributed by atoms with E-state index in [2.05, 4.69) is 9.72 Å². The van der Waals surface area contributed by atoms with Gasteiger partial charge >= 0.3 is 6.18 Å². The van der Waals surface area contributed by atoms with Crippen LogP contribution in [0.2, 0.25) is 0 Å². The first-order chi connectivity index (χ1) is 13.4. The highest BCUT2D eigenvalue weighted by atomic mass is 19.4. The van der Waals surface area contributed by atoms with E-state index in [0.29, 0.717) is 12.3 Å². The minimum Gasteiger partial charge on any atom is -0.468 e. The molecule has 0 bridgehead atoms. The third kappa shape index (κ3) is 5.60. The van der Waals surface area contributed by atoms with Gasteiger partial charge in [0.25, 0.3) is 5.91 Å². The van der Waals surface area contributed by atoms with Crippen molar-refractivity contribution >= 4 is 5.91 Å². The van der Waals surface area contributed by atoms with Crippen LogP contribution in [-0.2, 0) is 13.1 Å². The fourth-order valence-electron chi connectivity index (χ4n) is 2.52. The van der Waals surface area contributed by atoms with Crippen LogP contribution in [0.1, 0.15) is 21.7 Å². The molecule has 0 unspecified atom stereocenters. The van der Waals surface area contributed by atoms with E-state index >= 15 is 0 Å². The lowest BCUT2D eigenvalue weighted by Gasteiger charge is -2.22. The van der Waals surface area contributed by atoms with Gasteiger partial charge in [-0.1, -0.05) is 30.3 Å². The Balaban J connectivity index is 1.74. The second-order valence-electron chi connectivity index (χ2n) is 6.02. The maximum atomic E-state index is 12.9. The number of nitrogens with zero attached hydrogens (tertiary/aromatic N) is 2. The van der Waals surface area contributed by atoms with E-state index in [1.807, 2.05) is 30.3 Å². The zero-order valence-electron chi connectivity index (χ0n) is 14.7. The molecule has 28 heavy (non-hydrogen) atoms. The van der Waals surface area contributed by atoms with Gasteiger partial charge in [-0.15, -0.1) is 0 Å². The third-order valence-electron chi connectivity index (χ3n) is 3.80.